The molecule has 0 aromatic carbocycles. The molecule has 0 atom stereocenters. The Morgan fingerprint density at radius 1 is 0.760 bits per heavy atom. The summed E-state index contributed by atoms with van der Waals surface area (Å²) in [5, 5.41) is 6.53. The molecule has 7 heteroatoms. The number of anilines is 2. The summed E-state index contributed by atoms with van der Waals surface area (Å²) in [5.74, 6) is 3.24. The molecule has 0 unspecified atom stereocenters. The Bertz CT molecular complexity index is 804. The normalized spacial score (nSPS) is 10.7. The summed E-state index contributed by atoms with van der Waals surface area (Å²) in [6, 6.07) is 3.91. The van der Waals surface area contributed by atoms with E-state index in [1.54, 1.807) is 12.4 Å². The molecular formula is C18H22N6O. The van der Waals surface area contributed by atoms with E-state index in [2.05, 4.69) is 30.6 Å². The van der Waals surface area contributed by atoms with E-state index in [0.29, 0.717) is 13.1 Å². The lowest BCUT2D eigenvalue weighted by Gasteiger charge is -2.08. The molecule has 130 valence electrons. The quantitative estimate of drug-likeness (QED) is 0.712. The Hall–Kier alpha value is -2.96. The van der Waals surface area contributed by atoms with Gasteiger partial charge in [-0.1, -0.05) is 0 Å². The lowest BCUT2D eigenvalue weighted by Crippen LogP contribution is -2.05. The molecular weight excluding hydrogens is 316 g/mol. The summed E-state index contributed by atoms with van der Waals surface area (Å²) in [6.45, 7) is 8.81. The van der Waals surface area contributed by atoms with E-state index >= 15 is 0 Å². The van der Waals surface area contributed by atoms with Gasteiger partial charge in [0.2, 0.25) is 0 Å². The van der Waals surface area contributed by atoms with Gasteiger partial charge < -0.3 is 15.1 Å². The Labute approximate surface area is 147 Å². The fourth-order valence-corrected chi connectivity index (χ4v) is 2.36. The van der Waals surface area contributed by atoms with Crippen LogP contribution < -0.4 is 10.6 Å². The zero-order chi connectivity index (χ0) is 17.8. The molecule has 2 N–H and O–H groups in total. The summed E-state index contributed by atoms with van der Waals surface area (Å²) < 4.78 is 5.85. The number of rotatable bonds is 6. The summed E-state index contributed by atoms with van der Waals surface area (Å²) in [4.78, 5) is 17.5. The van der Waals surface area contributed by atoms with Crippen LogP contribution in [-0.4, -0.2) is 19.9 Å². The van der Waals surface area contributed by atoms with E-state index in [9.17, 15) is 0 Å². The third-order valence-electron chi connectivity index (χ3n) is 3.73. The maximum atomic E-state index is 5.85. The van der Waals surface area contributed by atoms with Crippen molar-refractivity contribution in [1.82, 2.24) is 19.9 Å². The monoisotopic (exact) mass is 338 g/mol. The minimum absolute atomic E-state index is 0.558. The summed E-state index contributed by atoms with van der Waals surface area (Å²) in [5.41, 5.74) is 3.50. The average molecular weight is 338 g/mol. The van der Waals surface area contributed by atoms with Crippen molar-refractivity contribution in [2.75, 3.05) is 10.6 Å². The molecule has 0 saturated carbocycles. The molecule has 3 aromatic heterocycles. The first-order valence-electron chi connectivity index (χ1n) is 8.17. The van der Waals surface area contributed by atoms with Crippen molar-refractivity contribution >= 4 is 11.6 Å². The van der Waals surface area contributed by atoms with Crippen molar-refractivity contribution in [1.29, 1.82) is 0 Å². The van der Waals surface area contributed by atoms with Crippen LogP contribution in [-0.2, 0) is 13.1 Å². The van der Waals surface area contributed by atoms with Gasteiger partial charge in [-0.2, -0.15) is 0 Å². The first-order valence-corrected chi connectivity index (χ1v) is 8.17. The number of aryl methyl sites for hydroxylation is 4. The third-order valence-corrected chi connectivity index (χ3v) is 3.73. The Balaban J connectivity index is 1.59. The average Bonchev–Trinajstić information content (AvgIpc) is 3.04. The third kappa shape index (κ3) is 4.32. The van der Waals surface area contributed by atoms with Gasteiger partial charge in [0.05, 0.1) is 35.9 Å². The number of hydrogen-bond acceptors (Lipinski definition) is 7. The van der Waals surface area contributed by atoms with E-state index in [4.69, 9.17) is 4.42 Å². The van der Waals surface area contributed by atoms with Gasteiger partial charge in [0.1, 0.15) is 23.2 Å². The van der Waals surface area contributed by atoms with Crippen LogP contribution >= 0.6 is 0 Å². The SMILES string of the molecule is Cc1cnc(C)c(NCc2ccc(CNc3nc(C)cnc3C)o2)n1. The maximum Gasteiger partial charge on any atom is 0.148 e. The van der Waals surface area contributed by atoms with Crippen LogP contribution in [0.2, 0.25) is 0 Å². The second-order valence-corrected chi connectivity index (χ2v) is 5.97. The molecule has 0 radical (unpaired) electrons. The standard InChI is InChI=1S/C18H22N6O/c1-11-7-19-13(3)17(23-11)21-9-15-5-6-16(25-15)10-22-18-14(4)20-8-12(2)24-18/h5-8H,9-10H2,1-4H3,(H,21,23)(H,22,24). The van der Waals surface area contributed by atoms with Crippen molar-refractivity contribution in [2.45, 2.75) is 40.8 Å². The van der Waals surface area contributed by atoms with Gasteiger partial charge in [0, 0.05) is 12.4 Å². The topological polar surface area (TPSA) is 88.8 Å². The van der Waals surface area contributed by atoms with Crippen LogP contribution in [0.1, 0.15) is 34.3 Å². The number of hydrogen-bond donors (Lipinski definition) is 2. The smallest absolute Gasteiger partial charge is 0.148 e. The van der Waals surface area contributed by atoms with E-state index in [0.717, 1.165) is 45.9 Å². The zero-order valence-electron chi connectivity index (χ0n) is 14.9. The molecule has 3 aromatic rings. The van der Waals surface area contributed by atoms with Crippen molar-refractivity contribution in [3.8, 4) is 0 Å². The van der Waals surface area contributed by atoms with Crippen molar-refractivity contribution in [2.24, 2.45) is 0 Å². The van der Waals surface area contributed by atoms with E-state index in [1.807, 2.05) is 39.8 Å². The molecule has 0 aliphatic rings. The molecule has 0 spiro atoms. The molecule has 0 aliphatic heterocycles. The van der Waals surface area contributed by atoms with Crippen LogP contribution in [0.3, 0.4) is 0 Å². The van der Waals surface area contributed by atoms with Crippen LogP contribution in [0, 0.1) is 27.7 Å². The van der Waals surface area contributed by atoms with Gasteiger partial charge in [-0.05, 0) is 39.8 Å². The molecule has 0 amide bonds. The predicted molar refractivity (Wildman–Crippen MR) is 96.4 cm³/mol. The number of nitrogens with one attached hydrogen (secondary N) is 2. The van der Waals surface area contributed by atoms with E-state index in [1.165, 1.54) is 0 Å². The lowest BCUT2D eigenvalue weighted by molar-refractivity contribution is 0.477. The number of furan rings is 1. The summed E-state index contributed by atoms with van der Waals surface area (Å²) in [6.07, 6.45) is 3.51. The van der Waals surface area contributed by atoms with Crippen LogP contribution in [0.5, 0.6) is 0 Å². The fourth-order valence-electron chi connectivity index (χ4n) is 2.36. The molecule has 0 fully saturated rings. The maximum absolute atomic E-state index is 5.85. The van der Waals surface area contributed by atoms with Crippen molar-refractivity contribution in [3.63, 3.8) is 0 Å². The second kappa shape index (κ2) is 7.29. The first-order chi connectivity index (χ1) is 12.0. The highest BCUT2D eigenvalue weighted by molar-refractivity contribution is 5.41. The van der Waals surface area contributed by atoms with Gasteiger partial charge in [0.25, 0.3) is 0 Å². The Kier molecular flexibility index (Phi) is 4.92. The highest BCUT2D eigenvalue weighted by Crippen LogP contribution is 2.15. The number of nitrogens with zero attached hydrogens (tertiary/aromatic N) is 4. The molecule has 7 nitrogen and oxygen atoms in total. The first kappa shape index (κ1) is 16.9. The minimum atomic E-state index is 0.558. The van der Waals surface area contributed by atoms with Crippen molar-refractivity contribution in [3.05, 3.63) is 58.8 Å². The fraction of sp³-hybridized carbons (Fsp3) is 0.333. The largest absolute Gasteiger partial charge is 0.462 e. The van der Waals surface area contributed by atoms with Gasteiger partial charge in [-0.25, -0.2) is 9.97 Å². The molecule has 0 saturated heterocycles. The molecule has 3 heterocycles. The Morgan fingerprint density at radius 3 is 1.64 bits per heavy atom. The molecule has 0 aliphatic carbocycles. The lowest BCUT2D eigenvalue weighted by atomic mass is 10.3. The van der Waals surface area contributed by atoms with Crippen LogP contribution in [0.25, 0.3) is 0 Å². The summed E-state index contributed by atoms with van der Waals surface area (Å²) in [7, 11) is 0. The molecule has 25 heavy (non-hydrogen) atoms. The van der Waals surface area contributed by atoms with E-state index in [-0.39, 0.29) is 0 Å². The minimum Gasteiger partial charge on any atom is -0.462 e. The molecule has 3 rings (SSSR count). The summed E-state index contributed by atoms with van der Waals surface area (Å²) >= 11 is 0. The van der Waals surface area contributed by atoms with Gasteiger partial charge >= 0.3 is 0 Å². The predicted octanol–water partition coefficient (Wildman–Crippen LogP) is 3.32. The van der Waals surface area contributed by atoms with Gasteiger partial charge in [0.15, 0.2) is 0 Å². The van der Waals surface area contributed by atoms with Crippen LogP contribution in [0.15, 0.2) is 28.9 Å². The zero-order valence-corrected chi connectivity index (χ0v) is 14.9. The second-order valence-electron chi connectivity index (χ2n) is 5.97. The van der Waals surface area contributed by atoms with E-state index < -0.39 is 0 Å². The van der Waals surface area contributed by atoms with Gasteiger partial charge in [-0.15, -0.1) is 0 Å². The highest BCUT2D eigenvalue weighted by Gasteiger charge is 2.07. The molecule has 0 bridgehead atoms. The van der Waals surface area contributed by atoms with Crippen LogP contribution in [0.4, 0.5) is 11.6 Å². The highest BCUT2D eigenvalue weighted by atomic mass is 16.3. The van der Waals surface area contributed by atoms with Gasteiger partial charge in [-0.3, -0.25) is 9.97 Å². The van der Waals surface area contributed by atoms with Crippen molar-refractivity contribution < 1.29 is 4.42 Å². The number of aromatic nitrogens is 4. The Morgan fingerprint density at radius 2 is 1.20 bits per heavy atom.